The third kappa shape index (κ3) is 54.1. The molecular formula is C98H146O7. The number of ketones is 7. The standard InChI is InChI=1S/C17H18O.C16H18O.C16H32O.C15H30O.C14H20O.C12H16O.C8H12O/c1-13(2)17(18)12-14-8-10-16(11-9-14)15-6-4-3-5-7-15;1-12(2)16(17)10-8-13-7-9-14-5-3-4-6-15(14)11-13;1-4-5-6-7-8-9-10-11-12-13-14-16(17)15(2)3;1-4-5-6-7-8-9-10-11-12-13-15(16)14(2)3;1-12(2)14(15)11-7-6-10-13-8-4-3-5-9-13;1-10(2)12(13)9-8-11-6-4-3-5-7-11;1-4-5-6-8(9)7(2)3/h3-11,13H,12H2,1-2H3;3-7,9,11-12H,8,10H2,1-2H3;15H,4-14H2,1-3H3;14H,4-13H2,1-3H3;3-5,8-9,12H,6-7,10-11H2,1-2H3;3-7,10H,8-9H2,1-2H3;1,7H,5-6H2,2-3H3. The van der Waals surface area contributed by atoms with Gasteiger partial charge in [-0.25, -0.2) is 0 Å². The molecule has 0 atom stereocenters. The number of Topliss-reactive ketones (excluding diaryl/α,β-unsaturated/α-hetero) is 7. The Hall–Kier alpha value is -7.17. The quantitative estimate of drug-likeness (QED) is 0.0276. The van der Waals surface area contributed by atoms with Crippen LogP contribution in [0.5, 0.6) is 0 Å². The van der Waals surface area contributed by atoms with Crippen molar-refractivity contribution in [3.05, 3.63) is 180 Å². The average molecular weight is 1440 g/mol. The Bertz CT molecular complexity index is 3210. The van der Waals surface area contributed by atoms with Gasteiger partial charge in [-0.1, -0.05) is 378 Å². The Morgan fingerprint density at radius 1 is 0.267 bits per heavy atom. The third-order valence-corrected chi connectivity index (χ3v) is 18.7. The van der Waals surface area contributed by atoms with E-state index in [0.717, 1.165) is 69.8 Å². The maximum Gasteiger partial charge on any atom is 0.139 e. The first-order valence-electron chi connectivity index (χ1n) is 41.1. The van der Waals surface area contributed by atoms with E-state index in [-0.39, 0.29) is 47.2 Å². The van der Waals surface area contributed by atoms with Crippen LogP contribution < -0.4 is 0 Å². The fourth-order valence-electron chi connectivity index (χ4n) is 11.0. The molecule has 0 aliphatic carbocycles. The highest BCUT2D eigenvalue weighted by atomic mass is 16.1. The molecule has 6 aromatic carbocycles. The predicted octanol–water partition coefficient (Wildman–Crippen LogP) is 26.9. The molecule has 0 spiro atoms. The molecule has 0 saturated heterocycles. The summed E-state index contributed by atoms with van der Waals surface area (Å²) >= 11 is 0. The van der Waals surface area contributed by atoms with Crippen LogP contribution in [0.1, 0.15) is 313 Å². The van der Waals surface area contributed by atoms with Gasteiger partial charge in [-0.2, -0.15) is 0 Å². The third-order valence-electron chi connectivity index (χ3n) is 18.7. The van der Waals surface area contributed by atoms with Crippen LogP contribution in [0.4, 0.5) is 0 Å². The molecule has 0 heterocycles. The van der Waals surface area contributed by atoms with Crippen LogP contribution in [0.15, 0.2) is 158 Å². The van der Waals surface area contributed by atoms with Crippen LogP contribution in [0.2, 0.25) is 0 Å². The van der Waals surface area contributed by atoms with Crippen molar-refractivity contribution in [1.29, 1.82) is 0 Å². The van der Waals surface area contributed by atoms with Crippen LogP contribution in [0.25, 0.3) is 21.9 Å². The van der Waals surface area contributed by atoms with E-state index in [1.807, 2.05) is 164 Å². The second kappa shape index (κ2) is 64.0. The molecule has 0 amide bonds. The van der Waals surface area contributed by atoms with Gasteiger partial charge in [0.1, 0.15) is 40.5 Å². The molecular weight excluding hydrogens is 1290 g/mol. The summed E-state index contributed by atoms with van der Waals surface area (Å²) in [6, 6.07) is 53.9. The monoisotopic (exact) mass is 1440 g/mol. The molecule has 0 N–H and O–H groups in total. The van der Waals surface area contributed by atoms with E-state index in [1.54, 1.807) is 0 Å². The minimum atomic E-state index is 0.110. The molecule has 6 aromatic rings. The smallest absolute Gasteiger partial charge is 0.139 e. The lowest BCUT2D eigenvalue weighted by atomic mass is 9.98. The van der Waals surface area contributed by atoms with Gasteiger partial charge in [-0.15, -0.1) is 12.3 Å². The minimum absolute atomic E-state index is 0.110. The summed E-state index contributed by atoms with van der Waals surface area (Å²) in [5.74, 6) is 6.16. The number of terminal acetylenes is 1. The predicted molar refractivity (Wildman–Crippen MR) is 452 cm³/mol. The van der Waals surface area contributed by atoms with Gasteiger partial charge in [0.25, 0.3) is 0 Å². The Labute approximate surface area is 642 Å². The van der Waals surface area contributed by atoms with E-state index in [9.17, 15) is 33.6 Å². The van der Waals surface area contributed by atoms with Crippen LogP contribution in [0.3, 0.4) is 0 Å². The number of benzene rings is 6. The number of unbranched alkanes of at least 4 members (excludes halogenated alkanes) is 18. The minimum Gasteiger partial charge on any atom is -0.299 e. The molecule has 7 nitrogen and oxygen atoms in total. The first-order valence-corrected chi connectivity index (χ1v) is 41.1. The first-order chi connectivity index (χ1) is 50.3. The molecule has 0 aromatic heterocycles. The molecule has 0 fully saturated rings. The highest BCUT2D eigenvalue weighted by Gasteiger charge is 2.12. The molecule has 7 heteroatoms. The summed E-state index contributed by atoms with van der Waals surface area (Å²) in [6.07, 6.45) is 40.6. The Balaban J connectivity index is 0.00000121. The zero-order chi connectivity index (χ0) is 78.4. The molecule has 0 radical (unpaired) electrons. The van der Waals surface area contributed by atoms with Crippen molar-refractivity contribution in [1.82, 2.24) is 0 Å². The zero-order valence-corrected chi connectivity index (χ0v) is 69.1. The molecule has 0 aliphatic rings. The van der Waals surface area contributed by atoms with Gasteiger partial charge in [0, 0.05) is 92.8 Å². The normalized spacial score (nSPS) is 10.6. The maximum absolute atomic E-state index is 11.7. The summed E-state index contributed by atoms with van der Waals surface area (Å²) < 4.78 is 0. The van der Waals surface area contributed by atoms with Crippen molar-refractivity contribution in [2.75, 3.05) is 0 Å². The number of hydrogen-bond donors (Lipinski definition) is 0. The van der Waals surface area contributed by atoms with Crippen LogP contribution in [0, 0.1) is 53.8 Å². The fourth-order valence-corrected chi connectivity index (χ4v) is 11.0. The highest BCUT2D eigenvalue weighted by Crippen LogP contribution is 2.22. The summed E-state index contributed by atoms with van der Waals surface area (Å²) in [5, 5.41) is 2.51. The first kappa shape index (κ1) is 97.8. The SMILES string of the molecule is C#CCCC(=O)C(C)C.CC(C)C(=O)CCCCc1ccccc1.CC(C)C(=O)CCc1ccc2ccccc2c1.CC(C)C(=O)CCc1ccccc1.CC(C)C(=O)Cc1ccc(-c2ccccc2)cc1.CCCCCCCCCCCC(=O)C(C)C.CCCCCCCCCCCCC(=O)C(C)C. The summed E-state index contributed by atoms with van der Waals surface area (Å²) in [6.45, 7) is 31.9. The number of fused-ring (bicyclic) bond motifs is 1. The lowest BCUT2D eigenvalue weighted by Crippen LogP contribution is -2.09. The average Bonchev–Trinajstić information content (AvgIpc) is 0.851. The van der Waals surface area contributed by atoms with Crippen molar-refractivity contribution >= 4 is 51.3 Å². The number of carbonyl (C=O) groups excluding carboxylic acids is 7. The molecule has 580 valence electrons. The Morgan fingerprint density at radius 2 is 0.562 bits per heavy atom. The number of rotatable bonds is 44. The van der Waals surface area contributed by atoms with Gasteiger partial charge in [0.15, 0.2) is 0 Å². The maximum atomic E-state index is 11.7. The summed E-state index contributed by atoms with van der Waals surface area (Å²) in [7, 11) is 0. The lowest BCUT2D eigenvalue weighted by Gasteiger charge is -2.06. The number of aryl methyl sites for hydroxylation is 3. The highest BCUT2D eigenvalue weighted by molar-refractivity contribution is 5.85. The van der Waals surface area contributed by atoms with E-state index in [0.29, 0.717) is 66.8 Å². The fraction of sp³-hybridized carbons (Fsp3) is 0.561. The summed E-state index contributed by atoms with van der Waals surface area (Å²) in [5.41, 5.74) is 7.35. The van der Waals surface area contributed by atoms with Gasteiger partial charge >= 0.3 is 0 Å². The van der Waals surface area contributed by atoms with E-state index in [2.05, 4.69) is 111 Å². The summed E-state index contributed by atoms with van der Waals surface area (Å²) in [4.78, 5) is 79.5. The van der Waals surface area contributed by atoms with Crippen LogP contribution in [-0.4, -0.2) is 40.5 Å². The molecule has 0 aliphatic heterocycles. The van der Waals surface area contributed by atoms with E-state index < -0.39 is 0 Å². The van der Waals surface area contributed by atoms with Crippen molar-refractivity contribution < 1.29 is 33.6 Å². The second-order valence-corrected chi connectivity index (χ2v) is 30.7. The number of hydrogen-bond acceptors (Lipinski definition) is 7. The van der Waals surface area contributed by atoms with Gasteiger partial charge in [0.2, 0.25) is 0 Å². The van der Waals surface area contributed by atoms with Crippen molar-refractivity contribution in [2.45, 2.75) is 316 Å². The van der Waals surface area contributed by atoms with Crippen molar-refractivity contribution in [2.24, 2.45) is 41.4 Å². The van der Waals surface area contributed by atoms with E-state index >= 15 is 0 Å². The Morgan fingerprint density at radius 3 is 0.943 bits per heavy atom. The zero-order valence-electron chi connectivity index (χ0n) is 69.1. The van der Waals surface area contributed by atoms with Crippen molar-refractivity contribution in [3.8, 4) is 23.5 Å². The van der Waals surface area contributed by atoms with Crippen LogP contribution >= 0.6 is 0 Å². The molecule has 6 rings (SSSR count). The van der Waals surface area contributed by atoms with Gasteiger partial charge in [-0.3, -0.25) is 33.6 Å². The molecule has 0 bridgehead atoms. The van der Waals surface area contributed by atoms with Gasteiger partial charge in [-0.05, 0) is 89.1 Å². The van der Waals surface area contributed by atoms with Crippen LogP contribution in [-0.2, 0) is 59.2 Å². The number of carbonyl (C=O) groups is 7. The van der Waals surface area contributed by atoms with Gasteiger partial charge < -0.3 is 0 Å². The van der Waals surface area contributed by atoms with Crippen molar-refractivity contribution in [3.63, 3.8) is 0 Å². The largest absolute Gasteiger partial charge is 0.299 e. The molecule has 105 heavy (non-hydrogen) atoms. The lowest BCUT2D eigenvalue weighted by molar-refractivity contribution is -0.122. The second-order valence-electron chi connectivity index (χ2n) is 30.7. The van der Waals surface area contributed by atoms with E-state index in [4.69, 9.17) is 6.42 Å². The Kier molecular flexibility index (Phi) is 59.7. The van der Waals surface area contributed by atoms with Gasteiger partial charge in [0.05, 0.1) is 0 Å². The van der Waals surface area contributed by atoms with E-state index in [1.165, 1.54) is 148 Å². The molecule has 0 saturated carbocycles. The molecule has 0 unspecified atom stereocenters. The topological polar surface area (TPSA) is 119 Å².